The summed E-state index contributed by atoms with van der Waals surface area (Å²) >= 11 is 0. The number of aryl methyl sites for hydroxylation is 2. The highest BCUT2D eigenvalue weighted by Crippen LogP contribution is 2.32. The van der Waals surface area contributed by atoms with Gasteiger partial charge in [-0.15, -0.1) is 12.4 Å². The molecule has 0 saturated carbocycles. The molecule has 1 saturated heterocycles. The normalized spacial score (nSPS) is 18.0. The molecule has 0 spiro atoms. The number of halogens is 1. The van der Waals surface area contributed by atoms with Crippen LogP contribution in [0.4, 0.5) is 0 Å². The van der Waals surface area contributed by atoms with E-state index in [1.54, 1.807) is 0 Å². The van der Waals surface area contributed by atoms with Crippen molar-refractivity contribution < 1.29 is 9.53 Å². The molecule has 0 unspecified atom stereocenters. The Hall–Kier alpha value is -1.42. The van der Waals surface area contributed by atoms with Gasteiger partial charge >= 0.3 is 0 Å². The van der Waals surface area contributed by atoms with Crippen LogP contribution in [-0.4, -0.2) is 43.5 Å². The molecule has 3 nitrogen and oxygen atoms in total. The van der Waals surface area contributed by atoms with Gasteiger partial charge in [0.1, 0.15) is 0 Å². The number of carbonyl (C=O) groups is 1. The maximum absolute atomic E-state index is 12.9. The average Bonchev–Trinajstić information content (AvgIpc) is 2.62. The summed E-state index contributed by atoms with van der Waals surface area (Å²) in [5.74, 6) is 0.247. The van der Waals surface area contributed by atoms with Gasteiger partial charge in [0.15, 0.2) is 5.78 Å². The van der Waals surface area contributed by atoms with Crippen molar-refractivity contribution in [1.29, 1.82) is 0 Å². The van der Waals surface area contributed by atoms with Crippen molar-refractivity contribution in [1.82, 2.24) is 4.90 Å². The van der Waals surface area contributed by atoms with Crippen LogP contribution in [0.25, 0.3) is 10.8 Å². The number of carbonyl (C=O) groups excluding carboxylic acids is 1. The molecular formula is C20H24ClNO2. The number of fused-ring (bicyclic) bond motifs is 3. The lowest BCUT2D eigenvalue weighted by Gasteiger charge is -2.26. The summed E-state index contributed by atoms with van der Waals surface area (Å²) in [7, 11) is 0. The molecular weight excluding hydrogens is 322 g/mol. The number of morpholine rings is 1. The molecule has 0 bridgehead atoms. The van der Waals surface area contributed by atoms with Gasteiger partial charge in [-0.3, -0.25) is 9.69 Å². The number of hydrogen-bond acceptors (Lipinski definition) is 3. The molecule has 0 atom stereocenters. The highest BCUT2D eigenvalue weighted by atomic mass is 35.5. The molecule has 24 heavy (non-hydrogen) atoms. The first-order valence-corrected chi connectivity index (χ1v) is 8.70. The van der Waals surface area contributed by atoms with Gasteiger partial charge in [0.2, 0.25) is 0 Å². The van der Waals surface area contributed by atoms with Crippen molar-refractivity contribution in [3.63, 3.8) is 0 Å². The Morgan fingerprint density at radius 1 is 1.04 bits per heavy atom. The molecule has 2 aromatic carbocycles. The molecule has 4 heteroatoms. The lowest BCUT2D eigenvalue weighted by Crippen LogP contribution is -2.39. The van der Waals surface area contributed by atoms with E-state index in [1.165, 1.54) is 29.4 Å². The number of hydrogen-bond donors (Lipinski definition) is 0. The summed E-state index contributed by atoms with van der Waals surface area (Å²) in [6, 6.07) is 10.6. The Balaban J connectivity index is 0.00000169. The smallest absolute Gasteiger partial charge is 0.177 e. The van der Waals surface area contributed by atoms with Crippen LogP contribution < -0.4 is 0 Å². The van der Waals surface area contributed by atoms with Crippen molar-refractivity contribution in [2.24, 2.45) is 0 Å². The zero-order valence-electron chi connectivity index (χ0n) is 13.9. The van der Waals surface area contributed by atoms with Crippen LogP contribution in [0.15, 0.2) is 30.3 Å². The van der Waals surface area contributed by atoms with Crippen LogP contribution in [-0.2, 0) is 17.6 Å². The van der Waals surface area contributed by atoms with E-state index in [0.717, 1.165) is 50.1 Å². The first kappa shape index (κ1) is 17.4. The third-order valence-electron chi connectivity index (χ3n) is 5.14. The number of nitrogens with zero attached hydrogens (tertiary/aromatic N) is 1. The number of ketones is 1. The van der Waals surface area contributed by atoms with E-state index >= 15 is 0 Å². The quantitative estimate of drug-likeness (QED) is 0.795. The monoisotopic (exact) mass is 345 g/mol. The predicted molar refractivity (Wildman–Crippen MR) is 99.4 cm³/mol. The van der Waals surface area contributed by atoms with Gasteiger partial charge in [-0.25, -0.2) is 0 Å². The molecule has 4 rings (SSSR count). The molecule has 2 aromatic rings. The Bertz CT molecular complexity index is 738. The third kappa shape index (κ3) is 3.34. The molecule has 128 valence electrons. The zero-order valence-corrected chi connectivity index (χ0v) is 14.7. The fourth-order valence-corrected chi connectivity index (χ4v) is 3.91. The van der Waals surface area contributed by atoms with Gasteiger partial charge in [0, 0.05) is 18.7 Å². The van der Waals surface area contributed by atoms with Crippen molar-refractivity contribution in [2.45, 2.75) is 25.7 Å². The lowest BCUT2D eigenvalue weighted by molar-refractivity contribution is 0.0371. The van der Waals surface area contributed by atoms with E-state index in [0.29, 0.717) is 6.54 Å². The van der Waals surface area contributed by atoms with Crippen LogP contribution in [0.5, 0.6) is 0 Å². The second-order valence-corrected chi connectivity index (χ2v) is 6.63. The molecule has 0 aromatic heterocycles. The Kier molecular flexibility index (Phi) is 5.54. The van der Waals surface area contributed by atoms with Crippen molar-refractivity contribution >= 4 is 29.0 Å². The van der Waals surface area contributed by atoms with Crippen LogP contribution in [0, 0.1) is 0 Å². The van der Waals surface area contributed by atoms with Gasteiger partial charge < -0.3 is 4.74 Å². The minimum absolute atomic E-state index is 0. The molecule has 0 amide bonds. The second kappa shape index (κ2) is 7.64. The molecule has 1 aliphatic heterocycles. The minimum atomic E-state index is 0. The van der Waals surface area contributed by atoms with Crippen LogP contribution >= 0.6 is 12.4 Å². The predicted octanol–water partition coefficient (Wildman–Crippen LogP) is 3.66. The number of ether oxygens (including phenoxy) is 1. The molecule has 1 heterocycles. The number of rotatable bonds is 3. The van der Waals surface area contributed by atoms with Gasteiger partial charge in [0.25, 0.3) is 0 Å². The number of benzene rings is 2. The highest BCUT2D eigenvalue weighted by Gasteiger charge is 2.21. The van der Waals surface area contributed by atoms with Crippen LogP contribution in [0.3, 0.4) is 0 Å². The van der Waals surface area contributed by atoms with E-state index in [9.17, 15) is 4.79 Å². The summed E-state index contributed by atoms with van der Waals surface area (Å²) in [5, 5.41) is 2.42. The van der Waals surface area contributed by atoms with Crippen molar-refractivity contribution in [3.05, 3.63) is 47.0 Å². The van der Waals surface area contributed by atoms with Gasteiger partial charge in [0.05, 0.1) is 19.8 Å². The maximum Gasteiger partial charge on any atom is 0.177 e. The van der Waals surface area contributed by atoms with Crippen LogP contribution in [0.1, 0.15) is 34.3 Å². The van der Waals surface area contributed by atoms with Gasteiger partial charge in [-0.1, -0.05) is 24.3 Å². The number of Topliss-reactive ketones (excluding diaryl/α,β-unsaturated/α-hetero) is 1. The van der Waals surface area contributed by atoms with Crippen molar-refractivity contribution in [3.8, 4) is 0 Å². The average molecular weight is 346 g/mol. The van der Waals surface area contributed by atoms with E-state index in [4.69, 9.17) is 4.74 Å². The minimum Gasteiger partial charge on any atom is -0.379 e. The molecule has 1 aliphatic carbocycles. The molecule has 1 fully saturated rings. The molecule has 2 aliphatic rings. The van der Waals surface area contributed by atoms with E-state index < -0.39 is 0 Å². The summed E-state index contributed by atoms with van der Waals surface area (Å²) < 4.78 is 5.38. The van der Waals surface area contributed by atoms with Crippen LogP contribution in [0.2, 0.25) is 0 Å². The van der Waals surface area contributed by atoms with Gasteiger partial charge in [-0.05, 0) is 53.6 Å². The topological polar surface area (TPSA) is 29.5 Å². The summed E-state index contributed by atoms with van der Waals surface area (Å²) in [5.41, 5.74) is 3.77. The second-order valence-electron chi connectivity index (χ2n) is 6.63. The Morgan fingerprint density at radius 2 is 1.75 bits per heavy atom. The first-order chi connectivity index (χ1) is 11.3. The standard InChI is InChI=1S/C20H23NO2.ClH/c22-20(14-21-9-11-23-12-10-21)19-13-15-5-1-2-6-16(15)17-7-3-4-8-18(17)19;/h3-4,7-8,13H,1-2,5-6,9-12,14H2;1H. The fraction of sp³-hybridized carbons (Fsp3) is 0.450. The van der Waals surface area contributed by atoms with Gasteiger partial charge in [-0.2, -0.15) is 0 Å². The summed E-state index contributed by atoms with van der Waals surface area (Å²) in [4.78, 5) is 15.1. The van der Waals surface area contributed by atoms with Crippen molar-refractivity contribution in [2.75, 3.05) is 32.8 Å². The SMILES string of the molecule is Cl.O=C(CN1CCOCC1)c1cc2c(c3ccccc13)CCCC2. The first-order valence-electron chi connectivity index (χ1n) is 8.70. The molecule has 0 N–H and O–H groups in total. The van der Waals surface area contributed by atoms with E-state index in [1.807, 2.05) is 6.07 Å². The summed E-state index contributed by atoms with van der Waals surface area (Å²) in [6.45, 7) is 3.69. The Morgan fingerprint density at radius 3 is 2.54 bits per heavy atom. The lowest BCUT2D eigenvalue weighted by atomic mass is 9.85. The third-order valence-corrected chi connectivity index (χ3v) is 5.14. The maximum atomic E-state index is 12.9. The summed E-state index contributed by atoms with van der Waals surface area (Å²) in [6.07, 6.45) is 4.76. The largest absolute Gasteiger partial charge is 0.379 e. The highest BCUT2D eigenvalue weighted by molar-refractivity contribution is 6.10. The van der Waals surface area contributed by atoms with E-state index in [-0.39, 0.29) is 18.2 Å². The Labute approximate surface area is 149 Å². The van der Waals surface area contributed by atoms with E-state index in [2.05, 4.69) is 29.2 Å². The molecule has 0 radical (unpaired) electrons. The fourth-order valence-electron chi connectivity index (χ4n) is 3.91. The zero-order chi connectivity index (χ0) is 15.6.